The molecule has 4 fully saturated rings. The maximum atomic E-state index is 13.9. The SMILES string of the molecule is O=C(/C=C/C(=O)N(CCCCCCNC(=O)N1CCCCCC1=O)CCCCCCNC(=O)N1CCCCCC1=O)N(CCCCCCNC(=O)N1CCCCCC1=O)CCCCCCNC(=O)N1CCCCCC1=O.O=C1NCc2ccc(cc2)CNC(=O)c2cccc(c2)C(=O)NCc2ccc(cc2)CNC(=O)c2cccc1c2. The molecule has 8 aliphatic heterocycles. The Balaban J connectivity index is 0.000000349. The predicted molar refractivity (Wildman–Crippen MR) is 441 cm³/mol. The first kappa shape index (κ1) is 90.7. The Morgan fingerprint density at radius 3 is 0.750 bits per heavy atom. The first-order valence-corrected chi connectivity index (χ1v) is 42.5. The van der Waals surface area contributed by atoms with Crippen LogP contribution in [0.25, 0.3) is 0 Å². The van der Waals surface area contributed by atoms with Crippen LogP contribution in [0.1, 0.15) is 269 Å². The van der Waals surface area contributed by atoms with E-state index in [-0.39, 0.29) is 83.2 Å². The van der Waals surface area contributed by atoms with Crippen molar-refractivity contribution in [3.8, 4) is 0 Å². The Kier molecular flexibility index (Phi) is 40.1. The van der Waals surface area contributed by atoms with Gasteiger partial charge in [0, 0.05) is 165 Å². The van der Waals surface area contributed by atoms with Crippen LogP contribution in [0.15, 0.2) is 109 Å². The van der Waals surface area contributed by atoms with Crippen molar-refractivity contribution in [1.82, 2.24) is 71.9 Å². The topological polar surface area (TPSA) is 355 Å². The van der Waals surface area contributed by atoms with Crippen LogP contribution in [0.5, 0.6) is 0 Å². The molecule has 28 nitrogen and oxygen atoms in total. The number of imide groups is 4. The van der Waals surface area contributed by atoms with E-state index in [4.69, 9.17) is 0 Å². The van der Waals surface area contributed by atoms with Crippen molar-refractivity contribution in [2.45, 2.75) is 232 Å². The number of nitrogens with one attached hydrogen (secondary N) is 8. The number of carbonyl (C=O) groups is 14. The van der Waals surface area contributed by atoms with E-state index < -0.39 is 0 Å². The van der Waals surface area contributed by atoms with Crippen LogP contribution < -0.4 is 42.5 Å². The van der Waals surface area contributed by atoms with E-state index in [2.05, 4.69) is 42.5 Å². The average Bonchev–Trinajstić information content (AvgIpc) is 1.09. The van der Waals surface area contributed by atoms with Gasteiger partial charge in [0.15, 0.2) is 0 Å². The van der Waals surface area contributed by atoms with Crippen LogP contribution in [0.3, 0.4) is 0 Å². The molecule has 18 amide bonds. The highest BCUT2D eigenvalue weighted by Crippen LogP contribution is 2.19. The molecule has 4 saturated heterocycles. The number of rotatable bonds is 30. The van der Waals surface area contributed by atoms with Gasteiger partial charge in [0.2, 0.25) is 35.4 Å². The summed E-state index contributed by atoms with van der Waals surface area (Å²) < 4.78 is 0. The number of nitrogens with zero attached hydrogens (tertiary/aromatic N) is 6. The van der Waals surface area contributed by atoms with Gasteiger partial charge in [-0.1, -0.05) is 138 Å². The second-order valence-electron chi connectivity index (χ2n) is 30.5. The minimum absolute atomic E-state index is 0.124. The maximum Gasteiger partial charge on any atom is 0.324 e. The lowest BCUT2D eigenvalue weighted by Gasteiger charge is -2.23. The number of hydrogen-bond acceptors (Lipinski definition) is 14. The van der Waals surface area contributed by atoms with Crippen molar-refractivity contribution in [2.75, 3.05) is 78.5 Å². The Morgan fingerprint density at radius 2 is 0.517 bits per heavy atom. The van der Waals surface area contributed by atoms with Gasteiger partial charge < -0.3 is 52.3 Å². The minimum atomic E-state index is -0.333. The molecular weight excluding hydrogens is 1480 g/mol. The quantitative estimate of drug-likeness (QED) is 0.0178. The fourth-order valence-corrected chi connectivity index (χ4v) is 14.4. The normalized spacial score (nSPS) is 16.1. The molecule has 0 saturated carbocycles. The minimum Gasteiger partial charge on any atom is -0.348 e. The summed E-state index contributed by atoms with van der Waals surface area (Å²) in [6.07, 6.45) is 27.2. The Bertz CT molecular complexity index is 3470. The lowest BCUT2D eigenvalue weighted by atomic mass is 10.1. The van der Waals surface area contributed by atoms with Gasteiger partial charge in [-0.25, -0.2) is 19.2 Å². The lowest BCUT2D eigenvalue weighted by molar-refractivity contribution is -0.128. The largest absolute Gasteiger partial charge is 0.348 e. The van der Waals surface area contributed by atoms with Gasteiger partial charge in [0.05, 0.1) is 0 Å². The summed E-state index contributed by atoms with van der Waals surface area (Å²) in [5.74, 6) is -2.11. The molecule has 28 heteroatoms. The number of amides is 18. The third-order valence-electron chi connectivity index (χ3n) is 21.4. The zero-order valence-corrected chi connectivity index (χ0v) is 67.7. The zero-order chi connectivity index (χ0) is 82.5. The molecule has 4 aromatic rings. The average molecular weight is 1600 g/mol. The molecule has 8 N–H and O–H groups in total. The zero-order valence-electron chi connectivity index (χ0n) is 67.7. The van der Waals surface area contributed by atoms with Crippen molar-refractivity contribution in [3.05, 3.63) is 154 Å². The van der Waals surface area contributed by atoms with Gasteiger partial charge in [-0.3, -0.25) is 67.5 Å². The molecule has 0 aromatic heterocycles. The number of likely N-dealkylation sites (tertiary alicyclic amines) is 4. The van der Waals surface area contributed by atoms with E-state index in [9.17, 15) is 67.1 Å². The van der Waals surface area contributed by atoms with E-state index in [0.29, 0.717) is 153 Å². The van der Waals surface area contributed by atoms with Crippen LogP contribution in [0, 0.1) is 0 Å². The smallest absolute Gasteiger partial charge is 0.324 e. The standard InChI is InChI=1S/C56H94N10O10.C32H28N4O4/c67-47(61(39-21-5-1-17-35-57-53(73)63-43-25-9-13-29-49(63)69)40-22-6-2-18-36-58-54(74)64-44-26-10-14-30-50(64)70)33-34-48(68)62(41-23-7-3-19-37-59-55(75)65-45-27-11-15-31-51(65)71)42-24-8-4-20-38-60-56(76)66-46-28-12-16-32-52(66)72;37-29-25-3-1-4-26(15-25)30(38)34-18-22-9-13-24(14-10-22)20-36-32(40)28-6-2-5-27(16-28)31(39)35-19-23-11-7-21(8-12-23)17-33-29/h33-34H,1-32,35-46H2,(H,57,73)(H,58,74)(H,59,75)(H,60,76);1-16H,17-20H2,(H,33,37)(H,34,38)(H,35,39)(H,36,40)/b34-33+;. The fraction of sp³-hybridized carbons (Fsp3) is 0.545. The van der Waals surface area contributed by atoms with Crippen LogP contribution in [0.4, 0.5) is 19.2 Å². The van der Waals surface area contributed by atoms with E-state index in [1.807, 2.05) is 48.5 Å². The molecule has 8 bridgehead atoms. The molecule has 8 heterocycles. The van der Waals surface area contributed by atoms with Crippen molar-refractivity contribution in [3.63, 3.8) is 0 Å². The summed E-state index contributed by atoms with van der Waals surface area (Å²) >= 11 is 0. The summed E-state index contributed by atoms with van der Waals surface area (Å²) in [5.41, 5.74) is 5.14. The third kappa shape index (κ3) is 32.5. The molecule has 628 valence electrons. The molecule has 0 radical (unpaired) electrons. The first-order valence-electron chi connectivity index (χ1n) is 42.5. The second-order valence-corrected chi connectivity index (χ2v) is 30.5. The molecule has 4 aromatic carbocycles. The summed E-state index contributed by atoms with van der Waals surface area (Å²) in [4.78, 5) is 188. The number of carbonyl (C=O) groups excluding carboxylic acids is 14. The summed E-state index contributed by atoms with van der Waals surface area (Å²) in [6, 6.07) is 26.9. The van der Waals surface area contributed by atoms with Gasteiger partial charge >= 0.3 is 24.1 Å². The van der Waals surface area contributed by atoms with Crippen molar-refractivity contribution in [1.29, 1.82) is 0 Å². The Morgan fingerprint density at radius 1 is 0.293 bits per heavy atom. The number of urea groups is 4. The molecule has 0 spiro atoms. The molecular formula is C88H122N14O14. The van der Waals surface area contributed by atoms with Gasteiger partial charge in [-0.15, -0.1) is 0 Å². The number of unbranched alkanes of at least 4 members (excludes halogenated alkanes) is 12. The Labute approximate surface area is 682 Å². The fourth-order valence-electron chi connectivity index (χ4n) is 14.4. The summed E-state index contributed by atoms with van der Waals surface area (Å²) in [5, 5.41) is 23.1. The molecule has 0 atom stereocenters. The van der Waals surface area contributed by atoms with E-state index in [0.717, 1.165) is 202 Å². The second kappa shape index (κ2) is 51.2. The molecule has 12 rings (SSSR count). The molecule has 116 heavy (non-hydrogen) atoms. The highest BCUT2D eigenvalue weighted by molar-refractivity contribution is 6.02. The van der Waals surface area contributed by atoms with Crippen molar-refractivity contribution < 1.29 is 67.1 Å². The lowest BCUT2D eigenvalue weighted by Crippen LogP contribution is -2.43. The van der Waals surface area contributed by atoms with Crippen molar-refractivity contribution in [2.24, 2.45) is 0 Å². The first-order chi connectivity index (χ1) is 56.4. The maximum absolute atomic E-state index is 13.9. The van der Waals surface area contributed by atoms with E-state index in [1.54, 1.807) is 58.3 Å². The van der Waals surface area contributed by atoms with E-state index in [1.165, 1.54) is 31.8 Å². The predicted octanol–water partition coefficient (Wildman–Crippen LogP) is 11.6. The highest BCUT2D eigenvalue weighted by Gasteiger charge is 2.27. The van der Waals surface area contributed by atoms with Crippen LogP contribution in [-0.2, 0) is 54.9 Å². The third-order valence-corrected chi connectivity index (χ3v) is 21.4. The van der Waals surface area contributed by atoms with Crippen molar-refractivity contribution >= 4 is 83.2 Å². The summed E-state index contributed by atoms with van der Waals surface area (Å²) in [6.45, 7) is 6.89. The van der Waals surface area contributed by atoms with Crippen LogP contribution >= 0.6 is 0 Å². The molecule has 0 aliphatic carbocycles. The van der Waals surface area contributed by atoms with Crippen LogP contribution in [-0.4, -0.2) is 191 Å². The number of benzene rings is 4. The summed E-state index contributed by atoms with van der Waals surface area (Å²) in [7, 11) is 0. The highest BCUT2D eigenvalue weighted by atomic mass is 16.2. The van der Waals surface area contributed by atoms with Gasteiger partial charge in [-0.2, -0.15) is 0 Å². The monoisotopic (exact) mass is 1600 g/mol. The van der Waals surface area contributed by atoms with Gasteiger partial charge in [-0.05, 0) is 161 Å². The molecule has 0 unspecified atom stereocenters. The van der Waals surface area contributed by atoms with Gasteiger partial charge in [0.25, 0.3) is 23.6 Å². The molecule has 8 aliphatic rings. The van der Waals surface area contributed by atoms with Crippen LogP contribution in [0.2, 0.25) is 0 Å². The van der Waals surface area contributed by atoms with E-state index >= 15 is 0 Å². The van der Waals surface area contributed by atoms with Gasteiger partial charge in [0.1, 0.15) is 0 Å². The number of hydrogen-bond donors (Lipinski definition) is 8. The Hall–Kier alpha value is -10.8.